The molecule has 0 aromatic rings. The van der Waals surface area contributed by atoms with Gasteiger partial charge in [0.25, 0.3) is 0 Å². The molecular formula is C10H23NO4. The summed E-state index contributed by atoms with van der Waals surface area (Å²) in [7, 11) is 0. The van der Waals surface area contributed by atoms with Crippen LogP contribution in [0, 0.1) is 0 Å². The summed E-state index contributed by atoms with van der Waals surface area (Å²) in [5.41, 5.74) is 0. The van der Waals surface area contributed by atoms with E-state index in [-0.39, 0.29) is 25.7 Å². The van der Waals surface area contributed by atoms with Crippen LogP contribution in [-0.2, 0) is 9.53 Å². The Morgan fingerprint density at radius 2 is 1.73 bits per heavy atom. The predicted molar refractivity (Wildman–Crippen MR) is 58.6 cm³/mol. The van der Waals surface area contributed by atoms with Crippen molar-refractivity contribution in [3.63, 3.8) is 0 Å². The highest BCUT2D eigenvalue weighted by molar-refractivity contribution is 5.73. The van der Waals surface area contributed by atoms with Crippen LogP contribution in [0.1, 0.15) is 20.8 Å². The van der Waals surface area contributed by atoms with E-state index in [1.165, 1.54) is 11.8 Å². The van der Waals surface area contributed by atoms with Crippen LogP contribution in [0.25, 0.3) is 0 Å². The van der Waals surface area contributed by atoms with Gasteiger partial charge >= 0.3 is 0 Å². The fourth-order valence-corrected chi connectivity index (χ4v) is 0.889. The van der Waals surface area contributed by atoms with Crippen LogP contribution in [-0.4, -0.2) is 60.5 Å². The highest BCUT2D eigenvalue weighted by Crippen LogP contribution is 1.89. The molecule has 0 aromatic carbocycles. The van der Waals surface area contributed by atoms with Gasteiger partial charge in [0.05, 0.1) is 26.4 Å². The van der Waals surface area contributed by atoms with Crippen molar-refractivity contribution in [3.05, 3.63) is 0 Å². The molecule has 0 aliphatic carbocycles. The Morgan fingerprint density at radius 1 is 1.13 bits per heavy atom. The van der Waals surface area contributed by atoms with E-state index in [2.05, 4.69) is 0 Å². The number of ether oxygens (including phenoxy) is 1. The SMILES string of the molecule is CC.CC(=O)N(CCO)CCOCCO. The van der Waals surface area contributed by atoms with Gasteiger partial charge in [-0.2, -0.15) is 0 Å². The topological polar surface area (TPSA) is 70.0 Å². The van der Waals surface area contributed by atoms with E-state index >= 15 is 0 Å². The molecule has 0 atom stereocenters. The highest BCUT2D eigenvalue weighted by Gasteiger charge is 2.06. The van der Waals surface area contributed by atoms with Crippen LogP contribution in [0.4, 0.5) is 0 Å². The van der Waals surface area contributed by atoms with Crippen LogP contribution in [0.3, 0.4) is 0 Å². The van der Waals surface area contributed by atoms with Crippen LogP contribution in [0.5, 0.6) is 0 Å². The molecule has 0 bridgehead atoms. The quantitative estimate of drug-likeness (QED) is 0.587. The third kappa shape index (κ3) is 11.3. The van der Waals surface area contributed by atoms with Gasteiger partial charge in [-0.25, -0.2) is 0 Å². The molecule has 0 fully saturated rings. The first kappa shape index (κ1) is 16.8. The molecule has 1 amide bonds. The van der Waals surface area contributed by atoms with E-state index in [0.29, 0.717) is 19.7 Å². The summed E-state index contributed by atoms with van der Waals surface area (Å²) in [6, 6.07) is 0. The van der Waals surface area contributed by atoms with Crippen molar-refractivity contribution < 1.29 is 19.7 Å². The fraction of sp³-hybridized carbons (Fsp3) is 0.900. The lowest BCUT2D eigenvalue weighted by atomic mass is 10.4. The summed E-state index contributed by atoms with van der Waals surface area (Å²) >= 11 is 0. The van der Waals surface area contributed by atoms with Gasteiger partial charge in [-0.3, -0.25) is 4.79 Å². The van der Waals surface area contributed by atoms with Crippen molar-refractivity contribution >= 4 is 5.91 Å². The zero-order chi connectivity index (χ0) is 12.1. The predicted octanol–water partition coefficient (Wildman–Crippen LogP) is -0.138. The first-order chi connectivity index (χ1) is 7.22. The van der Waals surface area contributed by atoms with Gasteiger partial charge < -0.3 is 19.8 Å². The van der Waals surface area contributed by atoms with Crippen molar-refractivity contribution in [2.24, 2.45) is 0 Å². The van der Waals surface area contributed by atoms with Crippen molar-refractivity contribution in [1.29, 1.82) is 0 Å². The number of nitrogens with zero attached hydrogens (tertiary/aromatic N) is 1. The molecule has 0 saturated carbocycles. The van der Waals surface area contributed by atoms with E-state index in [9.17, 15) is 4.79 Å². The van der Waals surface area contributed by atoms with E-state index in [1.54, 1.807) is 0 Å². The zero-order valence-electron chi connectivity index (χ0n) is 9.90. The number of amides is 1. The zero-order valence-corrected chi connectivity index (χ0v) is 9.90. The molecule has 0 heterocycles. The van der Waals surface area contributed by atoms with Gasteiger partial charge in [0, 0.05) is 20.0 Å². The van der Waals surface area contributed by atoms with Crippen molar-refractivity contribution in [2.45, 2.75) is 20.8 Å². The number of hydrogen-bond acceptors (Lipinski definition) is 4. The Kier molecular flexibility index (Phi) is 14.9. The van der Waals surface area contributed by atoms with Crippen molar-refractivity contribution in [1.82, 2.24) is 4.90 Å². The largest absolute Gasteiger partial charge is 0.395 e. The minimum absolute atomic E-state index is 0.0138. The van der Waals surface area contributed by atoms with Crippen LogP contribution >= 0.6 is 0 Å². The minimum Gasteiger partial charge on any atom is -0.395 e. The van der Waals surface area contributed by atoms with Gasteiger partial charge in [0.2, 0.25) is 5.91 Å². The van der Waals surface area contributed by atoms with Crippen LogP contribution in [0.15, 0.2) is 0 Å². The van der Waals surface area contributed by atoms with Crippen LogP contribution in [0.2, 0.25) is 0 Å². The summed E-state index contributed by atoms with van der Waals surface area (Å²) in [4.78, 5) is 12.4. The third-order valence-electron chi connectivity index (χ3n) is 1.56. The number of carbonyl (C=O) groups excluding carboxylic acids is 1. The fourth-order valence-electron chi connectivity index (χ4n) is 0.889. The summed E-state index contributed by atoms with van der Waals surface area (Å²) in [6.45, 7) is 6.85. The van der Waals surface area contributed by atoms with E-state index < -0.39 is 0 Å². The molecule has 0 unspecified atom stereocenters. The first-order valence-corrected chi connectivity index (χ1v) is 5.27. The normalized spacial score (nSPS) is 9.13. The summed E-state index contributed by atoms with van der Waals surface area (Å²) in [5.74, 6) is -0.0818. The summed E-state index contributed by atoms with van der Waals surface area (Å²) < 4.78 is 4.98. The molecule has 5 nitrogen and oxygen atoms in total. The van der Waals surface area contributed by atoms with Crippen molar-refractivity contribution in [3.8, 4) is 0 Å². The number of carbonyl (C=O) groups is 1. The molecule has 0 aliphatic heterocycles. The number of aliphatic hydroxyl groups is 2. The molecule has 5 heteroatoms. The third-order valence-corrected chi connectivity index (χ3v) is 1.56. The Labute approximate surface area is 91.7 Å². The summed E-state index contributed by atoms with van der Waals surface area (Å²) in [5, 5.41) is 17.0. The maximum Gasteiger partial charge on any atom is 0.219 e. The maximum atomic E-state index is 10.9. The Bertz CT molecular complexity index is 141. The lowest BCUT2D eigenvalue weighted by Crippen LogP contribution is -2.34. The Morgan fingerprint density at radius 3 is 2.13 bits per heavy atom. The molecule has 0 spiro atoms. The monoisotopic (exact) mass is 221 g/mol. The second-order valence-corrected chi connectivity index (χ2v) is 2.57. The maximum absolute atomic E-state index is 10.9. The van der Waals surface area contributed by atoms with Gasteiger partial charge in [0.15, 0.2) is 0 Å². The molecule has 92 valence electrons. The number of hydrogen-bond donors (Lipinski definition) is 2. The van der Waals surface area contributed by atoms with E-state index in [4.69, 9.17) is 14.9 Å². The number of rotatable bonds is 7. The smallest absolute Gasteiger partial charge is 0.219 e. The molecule has 0 aromatic heterocycles. The second-order valence-electron chi connectivity index (χ2n) is 2.57. The lowest BCUT2D eigenvalue weighted by Gasteiger charge is -2.19. The van der Waals surface area contributed by atoms with Gasteiger partial charge in [-0.05, 0) is 0 Å². The lowest BCUT2D eigenvalue weighted by molar-refractivity contribution is -0.130. The molecule has 0 aliphatic rings. The van der Waals surface area contributed by atoms with Gasteiger partial charge in [-0.1, -0.05) is 13.8 Å². The van der Waals surface area contributed by atoms with Gasteiger partial charge in [0.1, 0.15) is 0 Å². The number of aliphatic hydroxyl groups excluding tert-OH is 2. The first-order valence-electron chi connectivity index (χ1n) is 5.27. The second kappa shape index (κ2) is 13.4. The standard InChI is InChI=1S/C8H17NO4.C2H6/c1-8(12)9(2-4-10)3-6-13-7-5-11;1-2/h10-11H,2-7H2,1H3;1-2H3. The Balaban J connectivity index is 0. The van der Waals surface area contributed by atoms with Crippen molar-refractivity contribution in [2.75, 3.05) is 39.5 Å². The van der Waals surface area contributed by atoms with E-state index in [0.717, 1.165) is 0 Å². The van der Waals surface area contributed by atoms with Gasteiger partial charge in [-0.15, -0.1) is 0 Å². The molecule has 2 N–H and O–H groups in total. The van der Waals surface area contributed by atoms with Crippen LogP contribution < -0.4 is 0 Å². The molecule has 0 rings (SSSR count). The Hall–Kier alpha value is -0.650. The molecule has 0 saturated heterocycles. The molecular weight excluding hydrogens is 198 g/mol. The highest BCUT2D eigenvalue weighted by atomic mass is 16.5. The average Bonchev–Trinajstić information content (AvgIpc) is 2.25. The minimum atomic E-state index is -0.0818. The average molecular weight is 221 g/mol. The molecule has 15 heavy (non-hydrogen) atoms. The van der Waals surface area contributed by atoms with E-state index in [1.807, 2.05) is 13.8 Å². The molecule has 0 radical (unpaired) electrons. The summed E-state index contributed by atoms with van der Waals surface area (Å²) in [6.07, 6.45) is 0.